The summed E-state index contributed by atoms with van der Waals surface area (Å²) in [4.78, 5) is 53.0. The molecule has 0 atom stereocenters. The van der Waals surface area contributed by atoms with Gasteiger partial charge in [-0.15, -0.1) is 11.3 Å². The van der Waals surface area contributed by atoms with E-state index >= 15 is 0 Å². The van der Waals surface area contributed by atoms with Crippen LogP contribution in [0, 0.1) is 0 Å². The monoisotopic (exact) mass is 623 g/mol. The third-order valence-corrected chi connectivity index (χ3v) is 9.71. The fraction of sp³-hybridized carbons (Fsp3) is 0.320. The van der Waals surface area contributed by atoms with Crippen LogP contribution in [0.4, 0.5) is 5.69 Å². The van der Waals surface area contributed by atoms with Gasteiger partial charge in [0.2, 0.25) is 0 Å². The Hall–Kier alpha value is -3.27. The topological polar surface area (TPSA) is 139 Å². The number of carboxylic acid groups (broad SMARTS) is 2. The number of carbonyl (C=O) groups excluding carboxylic acids is 1. The summed E-state index contributed by atoms with van der Waals surface area (Å²) in [5, 5.41) is 19.4. The van der Waals surface area contributed by atoms with E-state index in [0.717, 1.165) is 67.6 Å². The van der Waals surface area contributed by atoms with Crippen LogP contribution >= 0.6 is 47.1 Å². The van der Waals surface area contributed by atoms with E-state index in [9.17, 15) is 24.3 Å². The molecule has 1 aromatic heterocycles. The fourth-order valence-electron chi connectivity index (χ4n) is 4.03. The molecule has 11 nitrogen and oxygen atoms in total. The number of carboxylic acids is 2. The van der Waals surface area contributed by atoms with Crippen LogP contribution in [0.15, 0.2) is 32.9 Å². The molecule has 1 aromatic carbocycles. The molecule has 0 unspecified atom stereocenters. The molecule has 0 radical (unpaired) electrons. The van der Waals surface area contributed by atoms with E-state index in [-0.39, 0.29) is 18.4 Å². The van der Waals surface area contributed by atoms with Gasteiger partial charge in [-0.25, -0.2) is 0 Å². The predicted octanol–water partition coefficient (Wildman–Crippen LogP) is 2.10. The summed E-state index contributed by atoms with van der Waals surface area (Å²) >= 11 is 8.47. The summed E-state index contributed by atoms with van der Waals surface area (Å²) in [7, 11) is 3.14. The maximum atomic E-state index is 13.3. The zero-order chi connectivity index (χ0) is 29.1. The summed E-state index contributed by atoms with van der Waals surface area (Å²) in [6, 6.07) is 3.80. The number of allylic oxidation sites excluding steroid dienone is 1. The molecule has 15 heteroatoms. The molecule has 212 valence electrons. The summed E-state index contributed by atoms with van der Waals surface area (Å²) in [6.45, 7) is 1.52. The minimum Gasteiger partial charge on any atom is -0.493 e. The zero-order valence-electron chi connectivity index (χ0n) is 21.7. The Labute approximate surface area is 246 Å². The van der Waals surface area contributed by atoms with E-state index in [1.165, 1.54) is 11.8 Å². The molecule has 0 bridgehead atoms. The number of hydrogen-bond donors (Lipinski definition) is 2. The Morgan fingerprint density at radius 3 is 2.30 bits per heavy atom. The first-order valence-corrected chi connectivity index (χ1v) is 14.8. The van der Waals surface area contributed by atoms with Crippen LogP contribution in [0.1, 0.15) is 19.8 Å². The molecule has 1 saturated heterocycles. The molecule has 2 aliphatic heterocycles. The molecule has 2 N–H and O–H groups in total. The molecule has 40 heavy (non-hydrogen) atoms. The van der Waals surface area contributed by atoms with Crippen LogP contribution in [0.5, 0.6) is 11.5 Å². The third-order valence-electron chi connectivity index (χ3n) is 5.89. The Bertz CT molecular complexity index is 1610. The number of ether oxygens (including phenoxy) is 2. The highest BCUT2D eigenvalue weighted by molar-refractivity contribution is 8.30. The molecule has 1 fully saturated rings. The third kappa shape index (κ3) is 5.92. The van der Waals surface area contributed by atoms with Gasteiger partial charge in [0.25, 0.3) is 11.5 Å². The first kappa shape index (κ1) is 29.7. The van der Waals surface area contributed by atoms with Crippen molar-refractivity contribution < 1.29 is 34.1 Å². The van der Waals surface area contributed by atoms with E-state index in [0.29, 0.717) is 11.5 Å². The molecule has 2 aromatic rings. The summed E-state index contributed by atoms with van der Waals surface area (Å²) in [5.41, 5.74) is 0.369. The van der Waals surface area contributed by atoms with Crippen molar-refractivity contribution in [1.29, 1.82) is 0 Å². The summed E-state index contributed by atoms with van der Waals surface area (Å²) in [5.74, 6) is -2.00. The molecule has 0 saturated carbocycles. The largest absolute Gasteiger partial charge is 0.493 e. The number of aliphatic carboxylic acids is 2. The number of anilines is 1. The van der Waals surface area contributed by atoms with Gasteiger partial charge in [0.05, 0.1) is 29.5 Å². The maximum absolute atomic E-state index is 13.3. The Kier molecular flexibility index (Phi) is 9.28. The van der Waals surface area contributed by atoms with Crippen LogP contribution in [0.25, 0.3) is 11.0 Å². The summed E-state index contributed by atoms with van der Waals surface area (Å²) in [6.07, 6.45) is 5.29. The van der Waals surface area contributed by atoms with Crippen LogP contribution in [-0.4, -0.2) is 69.2 Å². The number of nitrogens with zero attached hydrogens (tertiary/aromatic N) is 3. The lowest BCUT2D eigenvalue weighted by atomic mass is 10.2. The van der Waals surface area contributed by atoms with Gasteiger partial charge in [-0.05, 0) is 18.6 Å². The van der Waals surface area contributed by atoms with E-state index in [4.69, 9.17) is 26.8 Å². The highest BCUT2D eigenvalue weighted by atomic mass is 32.2. The SMILES string of the molecule is CCCCN1C(=CC=c2sc(=C3SC(=S)N(CC(=O)O)C3=O)n(CC(=O)O)c2=O)Sc2cc(OC)c(OC)cc21. The standard InChI is InChI=1S/C25H25N3O8S4/c1-4-5-8-26-13-9-14(35-2)15(36-3)10-17(13)38-18(26)7-6-16-22(33)27(11-19(29)30)24(39-16)21-23(34)28(12-20(31)32)25(37)40-21/h6-7,9-10H,4-5,8,11-12H2,1-3H3,(H,29,30)(H,31,32). The van der Waals surface area contributed by atoms with Gasteiger partial charge in [0, 0.05) is 23.6 Å². The van der Waals surface area contributed by atoms with E-state index in [1.807, 2.05) is 12.1 Å². The number of unbranched alkanes of at least 4 members (excludes halogenated alkanes) is 1. The number of carbonyl (C=O) groups is 3. The molecular formula is C25H25N3O8S4. The number of fused-ring (bicyclic) bond motifs is 1. The second-order valence-corrected chi connectivity index (χ2v) is 12.2. The zero-order valence-corrected chi connectivity index (χ0v) is 24.9. The maximum Gasteiger partial charge on any atom is 0.323 e. The number of thioether (sulfide) groups is 2. The van der Waals surface area contributed by atoms with Crippen LogP contribution in [0.3, 0.4) is 0 Å². The second kappa shape index (κ2) is 12.5. The van der Waals surface area contributed by atoms with Gasteiger partial charge < -0.3 is 24.6 Å². The normalized spacial score (nSPS) is 17.7. The van der Waals surface area contributed by atoms with Crippen LogP contribution in [-0.2, 0) is 20.9 Å². The Morgan fingerprint density at radius 1 is 1.00 bits per heavy atom. The molecule has 0 spiro atoms. The van der Waals surface area contributed by atoms with Crippen molar-refractivity contribution in [3.05, 3.63) is 42.8 Å². The number of thiazole rings is 1. The highest BCUT2D eigenvalue weighted by Crippen LogP contribution is 2.50. The lowest BCUT2D eigenvalue weighted by molar-refractivity contribution is -0.140. The Balaban J connectivity index is 1.83. The molecule has 4 rings (SSSR count). The molecule has 2 aliphatic rings. The van der Waals surface area contributed by atoms with Crippen molar-refractivity contribution in [2.45, 2.75) is 31.2 Å². The van der Waals surface area contributed by atoms with Gasteiger partial charge in [0.1, 0.15) is 27.0 Å². The van der Waals surface area contributed by atoms with Crippen molar-refractivity contribution >= 4 is 85.9 Å². The predicted molar refractivity (Wildman–Crippen MR) is 159 cm³/mol. The Morgan fingerprint density at radius 2 is 1.68 bits per heavy atom. The van der Waals surface area contributed by atoms with Gasteiger partial charge in [0.15, 0.2) is 11.5 Å². The molecule has 1 amide bonds. The first-order valence-electron chi connectivity index (χ1n) is 11.9. The van der Waals surface area contributed by atoms with Crippen molar-refractivity contribution in [3.8, 4) is 11.5 Å². The minimum absolute atomic E-state index is 0.0216. The van der Waals surface area contributed by atoms with Gasteiger partial charge in [-0.1, -0.05) is 49.1 Å². The molecular weight excluding hydrogens is 599 g/mol. The molecule has 0 aliphatic carbocycles. The lowest BCUT2D eigenvalue weighted by Crippen LogP contribution is -2.36. The molecule has 3 heterocycles. The minimum atomic E-state index is -1.26. The average Bonchev–Trinajstić information content (AvgIpc) is 3.51. The van der Waals surface area contributed by atoms with Gasteiger partial charge >= 0.3 is 11.9 Å². The smallest absolute Gasteiger partial charge is 0.323 e. The average molecular weight is 624 g/mol. The van der Waals surface area contributed by atoms with Gasteiger partial charge in [-0.3, -0.25) is 28.6 Å². The number of hydrogen-bond acceptors (Lipinski definition) is 11. The van der Waals surface area contributed by atoms with Crippen molar-refractivity contribution in [2.75, 3.05) is 32.2 Å². The highest BCUT2D eigenvalue weighted by Gasteiger charge is 2.35. The van der Waals surface area contributed by atoms with Gasteiger partial charge in [-0.2, -0.15) is 0 Å². The second-order valence-electron chi connectivity index (χ2n) is 8.49. The first-order chi connectivity index (χ1) is 19.1. The number of methoxy groups -OCH3 is 2. The van der Waals surface area contributed by atoms with Crippen molar-refractivity contribution in [3.63, 3.8) is 0 Å². The van der Waals surface area contributed by atoms with E-state index in [1.54, 1.807) is 26.4 Å². The number of aromatic nitrogens is 1. The quantitative estimate of drug-likeness (QED) is 0.375. The van der Waals surface area contributed by atoms with E-state index < -0.39 is 36.5 Å². The lowest BCUT2D eigenvalue weighted by Gasteiger charge is -2.20. The van der Waals surface area contributed by atoms with Crippen molar-refractivity contribution in [2.24, 2.45) is 0 Å². The number of benzene rings is 1. The summed E-state index contributed by atoms with van der Waals surface area (Å²) < 4.78 is 12.3. The van der Waals surface area contributed by atoms with E-state index in [2.05, 4.69) is 11.8 Å². The van der Waals surface area contributed by atoms with Crippen LogP contribution in [0.2, 0.25) is 0 Å². The van der Waals surface area contributed by atoms with Crippen LogP contribution < -0.4 is 29.1 Å². The number of rotatable bonds is 10. The number of thiocarbonyl (C=S) groups is 1. The number of amides is 1. The fourth-order valence-corrected chi connectivity index (χ4v) is 7.58. The van der Waals surface area contributed by atoms with Crippen molar-refractivity contribution in [1.82, 2.24) is 9.47 Å².